The number of ether oxygens (including phenoxy) is 2. The number of aromatic nitrogens is 6. The van der Waals surface area contributed by atoms with Gasteiger partial charge < -0.3 is 28.7 Å². The van der Waals surface area contributed by atoms with Crippen LogP contribution in [-0.2, 0) is 46.7 Å². The summed E-state index contributed by atoms with van der Waals surface area (Å²) < 4.78 is 101. The van der Waals surface area contributed by atoms with E-state index >= 15 is 0 Å². The molecule has 68 heavy (non-hydrogen) atoms. The lowest BCUT2D eigenvalue weighted by molar-refractivity contribution is -0.384. The number of esters is 2. The van der Waals surface area contributed by atoms with E-state index in [1.54, 1.807) is 20.0 Å². The van der Waals surface area contributed by atoms with Gasteiger partial charge in [0.15, 0.2) is 19.7 Å². The maximum absolute atomic E-state index is 13.6. The fraction of sp³-hybridized carbons (Fsp3) is 0.429. The van der Waals surface area contributed by atoms with Crippen molar-refractivity contribution < 1.29 is 58.8 Å². The number of benzene rings is 2. The smallest absolute Gasteiger partial charge is 0.433 e. The third kappa shape index (κ3) is 10.0. The Kier molecular flexibility index (Phi) is 14.2. The Balaban J connectivity index is 0.000000227. The normalized spacial score (nSPS) is 16.7. The van der Waals surface area contributed by atoms with Crippen molar-refractivity contribution in [3.63, 3.8) is 0 Å². The molecule has 0 saturated carbocycles. The number of nitrogens with zero attached hydrogens (tertiary/aromatic N) is 10. The van der Waals surface area contributed by atoms with Gasteiger partial charge >= 0.3 is 18.1 Å². The van der Waals surface area contributed by atoms with Crippen LogP contribution in [0.1, 0.15) is 71.7 Å². The predicted octanol–water partition coefficient (Wildman–Crippen LogP) is 5.01. The number of rotatable bonds is 10. The van der Waals surface area contributed by atoms with Crippen LogP contribution >= 0.6 is 0 Å². The van der Waals surface area contributed by atoms with Crippen LogP contribution in [-0.4, -0.2) is 121 Å². The van der Waals surface area contributed by atoms with Crippen LogP contribution < -0.4 is 14.7 Å². The Morgan fingerprint density at radius 2 is 1.31 bits per heavy atom. The zero-order valence-electron chi connectivity index (χ0n) is 38.2. The minimum Gasteiger partial charge on any atom is -0.465 e. The number of imidazole rings is 1. The van der Waals surface area contributed by atoms with Gasteiger partial charge in [0.05, 0.1) is 57.1 Å². The average molecular weight is 989 g/mol. The van der Waals surface area contributed by atoms with Gasteiger partial charge in [-0.1, -0.05) is 27.7 Å². The lowest BCUT2D eigenvalue weighted by Gasteiger charge is -2.42. The van der Waals surface area contributed by atoms with E-state index in [1.165, 1.54) is 24.1 Å². The lowest BCUT2D eigenvalue weighted by Crippen LogP contribution is -2.60. The van der Waals surface area contributed by atoms with Crippen LogP contribution in [0.15, 0.2) is 58.6 Å². The molecule has 2 aliphatic rings. The van der Waals surface area contributed by atoms with Gasteiger partial charge in [0.2, 0.25) is 17.8 Å². The van der Waals surface area contributed by atoms with Crippen molar-refractivity contribution in [1.29, 1.82) is 0 Å². The zero-order chi connectivity index (χ0) is 50.4. The van der Waals surface area contributed by atoms with E-state index < -0.39 is 88.1 Å². The summed E-state index contributed by atoms with van der Waals surface area (Å²) in [6.07, 6.45) is -0.226. The van der Waals surface area contributed by atoms with Crippen LogP contribution in [0, 0.1) is 28.9 Å². The maximum Gasteiger partial charge on any atom is 0.433 e. The summed E-state index contributed by atoms with van der Waals surface area (Å²) in [7, 11) is -5.56. The largest absolute Gasteiger partial charge is 0.465 e. The van der Waals surface area contributed by atoms with Crippen LogP contribution in [0.4, 0.5) is 36.4 Å². The molecule has 1 fully saturated rings. The number of amides is 1. The highest BCUT2D eigenvalue weighted by molar-refractivity contribution is 7.91. The van der Waals surface area contributed by atoms with Gasteiger partial charge in [0.25, 0.3) is 5.69 Å². The third-order valence-electron chi connectivity index (χ3n) is 11.1. The highest BCUT2D eigenvalue weighted by Crippen LogP contribution is 2.39. The molecule has 2 aliphatic heterocycles. The molecule has 7 rings (SSSR count). The fourth-order valence-corrected chi connectivity index (χ4v) is 9.88. The SMILES string of the molecule is COC(=O)c1cc([N+](=O)[O-])c(N2CCN(c3nccc(C(F)(F)F)n3)[C@H](C(C)C)C2=O)cc1S(C)(=O)=O.COC(=O)c1cc2nc3n(c2cc1S(C)(=O)=O)CCN(c1nccc(C)n1)C3C(C)C. The Bertz CT molecular complexity index is 3060. The summed E-state index contributed by atoms with van der Waals surface area (Å²) in [5.74, 6) is -1.83. The van der Waals surface area contributed by atoms with E-state index in [1.807, 2.05) is 17.6 Å². The molecule has 0 bridgehead atoms. The molecule has 5 heterocycles. The molecule has 26 heteroatoms. The molecular weight excluding hydrogens is 942 g/mol. The standard InChI is InChI=1S/C21H22F3N5O7S.C21H25N5O4S/c1-11(2)17-18(30)27(7-8-28(17)20-25-6-5-16(26-20)21(22,23)24)13-10-15(37(4,34)35)12(19(31)36-3)9-14(13)29(32)33;1-12(2)18-19-24-15-10-14(20(27)30-4)17(31(5,28)29)11-16(15)25(19)8-9-26(18)21-22-7-6-13(3)23-21/h5-6,9-11,17H,7-8H2,1-4H3;6-7,10-12,18H,8-9H2,1-5H3/t17-;/m1./s1. The molecule has 2 atom stereocenters. The first-order valence-corrected chi connectivity index (χ1v) is 24.5. The molecule has 3 aromatic heterocycles. The molecule has 1 saturated heterocycles. The first-order valence-electron chi connectivity index (χ1n) is 20.7. The molecule has 1 amide bonds. The van der Waals surface area contributed by atoms with E-state index in [0.717, 1.165) is 54.4 Å². The Labute approximate surface area is 388 Å². The number of nitro benzene ring substituents is 1. The second kappa shape index (κ2) is 19.0. The molecule has 0 radical (unpaired) electrons. The van der Waals surface area contributed by atoms with Gasteiger partial charge in [-0.25, -0.2) is 51.3 Å². The third-order valence-corrected chi connectivity index (χ3v) is 13.4. The Morgan fingerprint density at radius 3 is 1.84 bits per heavy atom. The lowest BCUT2D eigenvalue weighted by atomic mass is 9.98. The van der Waals surface area contributed by atoms with Crippen molar-refractivity contribution in [3.05, 3.63) is 87.2 Å². The van der Waals surface area contributed by atoms with Crippen molar-refractivity contribution >= 4 is 71.8 Å². The number of halogens is 3. The van der Waals surface area contributed by atoms with Crippen LogP contribution in [0.5, 0.6) is 0 Å². The van der Waals surface area contributed by atoms with Crippen LogP contribution in [0.3, 0.4) is 0 Å². The van der Waals surface area contributed by atoms with E-state index in [2.05, 4.69) is 43.4 Å². The van der Waals surface area contributed by atoms with Gasteiger partial charge in [0, 0.05) is 62.8 Å². The van der Waals surface area contributed by atoms with Crippen molar-refractivity contribution in [1.82, 2.24) is 29.5 Å². The summed E-state index contributed by atoms with van der Waals surface area (Å²) in [4.78, 5) is 74.0. The molecular formula is C42H47F3N10O11S2. The van der Waals surface area contributed by atoms with Crippen molar-refractivity contribution in [2.24, 2.45) is 11.8 Å². The second-order valence-electron chi connectivity index (χ2n) is 16.6. The number of nitro groups is 1. The van der Waals surface area contributed by atoms with Crippen molar-refractivity contribution in [2.75, 3.05) is 61.1 Å². The van der Waals surface area contributed by atoms with Crippen molar-refractivity contribution in [3.8, 4) is 0 Å². The number of carbonyl (C=O) groups excluding carboxylic acids is 3. The quantitative estimate of drug-likeness (QED) is 0.101. The van der Waals surface area contributed by atoms with Crippen LogP contribution in [0.2, 0.25) is 0 Å². The number of piperazine rings is 1. The number of carbonyl (C=O) groups is 3. The van der Waals surface area contributed by atoms with E-state index in [-0.39, 0.29) is 41.5 Å². The first-order chi connectivity index (χ1) is 31.7. The van der Waals surface area contributed by atoms with Gasteiger partial charge in [0.1, 0.15) is 23.2 Å². The highest BCUT2D eigenvalue weighted by atomic mass is 32.2. The summed E-state index contributed by atoms with van der Waals surface area (Å²) in [6, 6.07) is 5.91. The Morgan fingerprint density at radius 1 is 0.779 bits per heavy atom. The van der Waals surface area contributed by atoms with Gasteiger partial charge in [-0.3, -0.25) is 14.9 Å². The van der Waals surface area contributed by atoms with Gasteiger partial charge in [-0.2, -0.15) is 13.2 Å². The van der Waals surface area contributed by atoms with E-state index in [0.29, 0.717) is 36.1 Å². The molecule has 1 unspecified atom stereocenters. The number of sulfone groups is 2. The van der Waals surface area contributed by atoms with Gasteiger partial charge in [-0.05, 0) is 49.1 Å². The molecule has 5 aromatic rings. The molecule has 21 nitrogen and oxygen atoms in total. The number of anilines is 3. The number of fused-ring (bicyclic) bond motifs is 3. The monoisotopic (exact) mass is 988 g/mol. The molecule has 0 N–H and O–H groups in total. The topological polar surface area (TPSA) is 260 Å². The average Bonchev–Trinajstić information content (AvgIpc) is 3.64. The summed E-state index contributed by atoms with van der Waals surface area (Å²) in [5.41, 5.74) is -0.796. The minimum absolute atomic E-state index is 0.00656. The number of hydrogen-bond acceptors (Lipinski definition) is 18. The molecule has 0 aliphatic carbocycles. The first kappa shape index (κ1) is 50.6. The predicted molar refractivity (Wildman–Crippen MR) is 239 cm³/mol. The van der Waals surface area contributed by atoms with E-state index in [9.17, 15) is 54.5 Å². The fourth-order valence-electron chi connectivity index (χ4n) is 8.15. The molecule has 0 spiro atoms. The van der Waals surface area contributed by atoms with Crippen molar-refractivity contribution in [2.45, 2.75) is 69.2 Å². The van der Waals surface area contributed by atoms with E-state index in [4.69, 9.17) is 9.72 Å². The summed E-state index contributed by atoms with van der Waals surface area (Å²) in [5, 5.41) is 11.9. The zero-order valence-corrected chi connectivity index (χ0v) is 39.8. The number of alkyl halides is 3. The number of methoxy groups -OCH3 is 2. The highest BCUT2D eigenvalue weighted by Gasteiger charge is 2.43. The minimum atomic E-state index is -4.75. The molecule has 2 aromatic carbocycles. The Hall–Kier alpha value is -6.83. The van der Waals surface area contributed by atoms with Crippen LogP contribution in [0.25, 0.3) is 11.0 Å². The summed E-state index contributed by atoms with van der Waals surface area (Å²) >= 11 is 0. The molecule has 364 valence electrons. The van der Waals surface area contributed by atoms with Gasteiger partial charge in [-0.15, -0.1) is 0 Å². The number of hydrogen-bond donors (Lipinski definition) is 0. The maximum atomic E-state index is 13.6. The number of aryl methyl sites for hydroxylation is 1. The summed E-state index contributed by atoms with van der Waals surface area (Å²) in [6.45, 7) is 10.2. The second-order valence-corrected chi connectivity index (χ2v) is 20.5.